The molecule has 0 fully saturated rings. The molecule has 1 N–H and O–H groups in total. The molecule has 148 valence electrons. The van der Waals surface area contributed by atoms with Gasteiger partial charge in [0.05, 0.1) is 20.8 Å². The molecule has 4 rings (SSSR count). The lowest BCUT2D eigenvalue weighted by Gasteiger charge is -2.15. The van der Waals surface area contributed by atoms with Crippen LogP contribution in [0, 0.1) is 11.3 Å². The van der Waals surface area contributed by atoms with E-state index >= 15 is 0 Å². The second-order valence-corrected chi connectivity index (χ2v) is 7.92. The average molecular weight is 414 g/mol. The molecule has 0 spiro atoms. The summed E-state index contributed by atoms with van der Waals surface area (Å²) in [6.07, 6.45) is 0.0137. The number of nitrogens with one attached hydrogen (secondary N) is 1. The summed E-state index contributed by atoms with van der Waals surface area (Å²) >= 11 is 1.69. The molecular weight excluding hydrogens is 394 g/mol. The maximum Gasteiger partial charge on any atom is 0.265 e. The first kappa shape index (κ1) is 19.6. The van der Waals surface area contributed by atoms with Crippen molar-refractivity contribution in [2.45, 2.75) is 19.4 Å². The van der Waals surface area contributed by atoms with E-state index in [0.29, 0.717) is 17.0 Å². The lowest BCUT2D eigenvalue weighted by molar-refractivity contribution is -0.122. The number of thiazole rings is 1. The molecule has 4 aromatic rings. The van der Waals surface area contributed by atoms with E-state index in [2.05, 4.69) is 22.4 Å². The van der Waals surface area contributed by atoms with E-state index in [4.69, 9.17) is 10.00 Å². The maximum atomic E-state index is 12.5. The molecule has 0 saturated carbocycles. The highest BCUT2D eigenvalue weighted by atomic mass is 32.1. The van der Waals surface area contributed by atoms with Crippen LogP contribution in [0.3, 0.4) is 0 Å². The summed E-state index contributed by atoms with van der Waals surface area (Å²) in [6.45, 7) is 1.66. The van der Waals surface area contributed by atoms with Gasteiger partial charge >= 0.3 is 0 Å². The van der Waals surface area contributed by atoms with Crippen molar-refractivity contribution in [3.63, 3.8) is 0 Å². The number of hydrogen-bond acceptors (Lipinski definition) is 5. The molecule has 3 aromatic carbocycles. The average Bonchev–Trinajstić information content (AvgIpc) is 3.17. The van der Waals surface area contributed by atoms with Crippen LogP contribution in [0.25, 0.3) is 10.2 Å². The van der Waals surface area contributed by atoms with Gasteiger partial charge in [-0.2, -0.15) is 5.26 Å². The van der Waals surface area contributed by atoms with E-state index in [9.17, 15) is 4.79 Å². The van der Waals surface area contributed by atoms with Gasteiger partial charge in [0.1, 0.15) is 11.8 Å². The topological polar surface area (TPSA) is 75.0 Å². The van der Waals surface area contributed by atoms with Gasteiger partial charge in [-0.15, -0.1) is 11.3 Å². The summed E-state index contributed by atoms with van der Waals surface area (Å²) in [7, 11) is 0. The zero-order chi connectivity index (χ0) is 20.9. The SMILES string of the molecule is C[C@@H](Oc1ccccc1C#N)C(=O)Nc1ccc(Cc2nc3ccccc3s2)cc1. The fourth-order valence-corrected chi connectivity index (χ4v) is 4.03. The number of aromatic nitrogens is 1. The summed E-state index contributed by atoms with van der Waals surface area (Å²) in [6, 6.07) is 24.7. The Morgan fingerprint density at radius 3 is 2.60 bits per heavy atom. The summed E-state index contributed by atoms with van der Waals surface area (Å²) in [5.41, 5.74) is 3.24. The van der Waals surface area contributed by atoms with Crippen LogP contribution in [0.5, 0.6) is 5.75 Å². The van der Waals surface area contributed by atoms with E-state index in [1.807, 2.05) is 42.5 Å². The van der Waals surface area contributed by atoms with Crippen LogP contribution in [0.4, 0.5) is 5.69 Å². The van der Waals surface area contributed by atoms with Gasteiger partial charge in [-0.25, -0.2) is 4.98 Å². The summed E-state index contributed by atoms with van der Waals surface area (Å²) in [5.74, 6) is 0.121. The molecule has 0 aliphatic heterocycles. The van der Waals surface area contributed by atoms with E-state index < -0.39 is 6.10 Å². The Balaban J connectivity index is 1.38. The van der Waals surface area contributed by atoms with Gasteiger partial charge in [0.15, 0.2) is 6.10 Å². The van der Waals surface area contributed by atoms with Crippen molar-refractivity contribution >= 4 is 33.1 Å². The summed E-state index contributed by atoms with van der Waals surface area (Å²) in [5, 5.41) is 13.1. The highest BCUT2D eigenvalue weighted by molar-refractivity contribution is 7.18. The number of anilines is 1. The third-order valence-electron chi connectivity index (χ3n) is 4.60. The molecule has 0 aliphatic rings. The number of carbonyl (C=O) groups excluding carboxylic acids is 1. The van der Waals surface area contributed by atoms with Gasteiger partial charge in [-0.05, 0) is 48.9 Å². The molecule has 1 heterocycles. The van der Waals surface area contributed by atoms with Gasteiger partial charge in [0, 0.05) is 12.1 Å². The lowest BCUT2D eigenvalue weighted by Crippen LogP contribution is -2.30. The minimum Gasteiger partial charge on any atom is -0.480 e. The molecule has 6 heteroatoms. The predicted octanol–water partition coefficient (Wildman–Crippen LogP) is 5.16. The molecule has 0 aliphatic carbocycles. The molecule has 0 saturated heterocycles. The van der Waals surface area contributed by atoms with Crippen LogP contribution in [-0.4, -0.2) is 17.0 Å². The Hall–Kier alpha value is -3.69. The fourth-order valence-electron chi connectivity index (χ4n) is 3.03. The molecule has 0 unspecified atom stereocenters. The lowest BCUT2D eigenvalue weighted by atomic mass is 10.1. The first-order valence-electron chi connectivity index (χ1n) is 9.52. The standard InChI is InChI=1S/C24H19N3O2S/c1-16(29-21-8-4-2-6-18(21)15-25)24(28)26-19-12-10-17(11-13-19)14-23-27-20-7-3-5-9-22(20)30-23/h2-13,16H,14H2,1H3,(H,26,28)/t16-/m1/s1. The van der Waals surface area contributed by atoms with Crippen molar-refractivity contribution in [2.75, 3.05) is 5.32 Å². The van der Waals surface area contributed by atoms with Gasteiger partial charge in [-0.1, -0.05) is 36.4 Å². The molecule has 1 aromatic heterocycles. The third-order valence-corrected chi connectivity index (χ3v) is 5.63. The molecule has 0 bridgehead atoms. The Morgan fingerprint density at radius 2 is 1.83 bits per heavy atom. The number of amides is 1. The zero-order valence-electron chi connectivity index (χ0n) is 16.3. The van der Waals surface area contributed by atoms with Crippen molar-refractivity contribution in [1.82, 2.24) is 4.98 Å². The molecule has 1 atom stereocenters. The molecule has 5 nitrogen and oxygen atoms in total. The number of rotatable bonds is 6. The smallest absolute Gasteiger partial charge is 0.265 e. The Kier molecular flexibility index (Phi) is 5.73. The zero-order valence-corrected chi connectivity index (χ0v) is 17.1. The minimum absolute atomic E-state index is 0.276. The summed E-state index contributed by atoms with van der Waals surface area (Å²) in [4.78, 5) is 17.1. The van der Waals surface area contributed by atoms with Crippen molar-refractivity contribution in [3.05, 3.63) is 88.9 Å². The van der Waals surface area contributed by atoms with Crippen LogP contribution in [0.1, 0.15) is 23.1 Å². The monoisotopic (exact) mass is 413 g/mol. The second-order valence-electron chi connectivity index (χ2n) is 6.81. The number of benzene rings is 3. The van der Waals surface area contributed by atoms with Crippen molar-refractivity contribution in [2.24, 2.45) is 0 Å². The highest BCUT2D eigenvalue weighted by Crippen LogP contribution is 2.24. The van der Waals surface area contributed by atoms with Crippen LogP contribution in [-0.2, 0) is 11.2 Å². The van der Waals surface area contributed by atoms with E-state index in [1.165, 1.54) is 4.70 Å². The number of carbonyl (C=O) groups is 1. The number of hydrogen-bond donors (Lipinski definition) is 1. The summed E-state index contributed by atoms with van der Waals surface area (Å²) < 4.78 is 6.84. The highest BCUT2D eigenvalue weighted by Gasteiger charge is 2.16. The second kappa shape index (κ2) is 8.76. The Labute approximate surface area is 178 Å². The molecule has 30 heavy (non-hydrogen) atoms. The number of nitrogens with zero attached hydrogens (tertiary/aromatic N) is 2. The fraction of sp³-hybridized carbons (Fsp3) is 0.125. The molecule has 0 radical (unpaired) electrons. The minimum atomic E-state index is -0.734. The van der Waals surface area contributed by atoms with Crippen molar-refractivity contribution in [3.8, 4) is 11.8 Å². The van der Waals surface area contributed by atoms with Crippen molar-refractivity contribution < 1.29 is 9.53 Å². The van der Waals surface area contributed by atoms with Crippen LogP contribution >= 0.6 is 11.3 Å². The van der Waals surface area contributed by atoms with E-state index in [-0.39, 0.29) is 5.91 Å². The van der Waals surface area contributed by atoms with Crippen molar-refractivity contribution in [1.29, 1.82) is 5.26 Å². The first-order chi connectivity index (χ1) is 14.6. The third kappa shape index (κ3) is 4.48. The number of nitriles is 1. The van der Waals surface area contributed by atoms with Crippen LogP contribution in [0.2, 0.25) is 0 Å². The van der Waals surface area contributed by atoms with Crippen LogP contribution in [0.15, 0.2) is 72.8 Å². The van der Waals surface area contributed by atoms with E-state index in [1.54, 1.807) is 42.5 Å². The molecule has 1 amide bonds. The normalized spacial score (nSPS) is 11.6. The number of ether oxygens (including phenoxy) is 1. The maximum absolute atomic E-state index is 12.5. The van der Waals surface area contributed by atoms with Gasteiger partial charge in [0.2, 0.25) is 0 Å². The van der Waals surface area contributed by atoms with Gasteiger partial charge in [0.25, 0.3) is 5.91 Å². The number of para-hydroxylation sites is 2. The molecular formula is C24H19N3O2S. The Bertz CT molecular complexity index is 1190. The quantitative estimate of drug-likeness (QED) is 0.473. The van der Waals surface area contributed by atoms with Gasteiger partial charge < -0.3 is 10.1 Å². The van der Waals surface area contributed by atoms with Gasteiger partial charge in [-0.3, -0.25) is 4.79 Å². The first-order valence-corrected chi connectivity index (χ1v) is 10.3. The van der Waals surface area contributed by atoms with Crippen LogP contribution < -0.4 is 10.1 Å². The number of fused-ring (bicyclic) bond motifs is 1. The van der Waals surface area contributed by atoms with E-state index in [0.717, 1.165) is 22.5 Å². The largest absolute Gasteiger partial charge is 0.480 e. The Morgan fingerprint density at radius 1 is 1.10 bits per heavy atom. The predicted molar refractivity (Wildman–Crippen MR) is 119 cm³/mol.